The van der Waals surface area contributed by atoms with Crippen LogP contribution in [0, 0.1) is 0 Å². The van der Waals surface area contributed by atoms with Crippen LogP contribution in [0.4, 0.5) is 0 Å². The number of hydrogen-bond acceptors (Lipinski definition) is 2. The van der Waals surface area contributed by atoms with E-state index in [0.29, 0.717) is 30.8 Å². The molecule has 0 aliphatic rings. The van der Waals surface area contributed by atoms with Crippen LogP contribution >= 0.6 is 27.5 Å². The molecule has 0 aliphatic carbocycles. The number of benzene rings is 2. The summed E-state index contributed by atoms with van der Waals surface area (Å²) in [7, 11) is 0. The average Bonchev–Trinajstić information content (AvgIpc) is 2.58. The summed E-state index contributed by atoms with van der Waals surface area (Å²) < 4.78 is 6.67. The average molecular weight is 414 g/mol. The molecule has 130 valence electrons. The van der Waals surface area contributed by atoms with Crippen LogP contribution in [0.3, 0.4) is 0 Å². The van der Waals surface area contributed by atoms with Gasteiger partial charge in [0, 0.05) is 21.5 Å². The topological polar surface area (TPSA) is 46.1 Å². The summed E-state index contributed by atoms with van der Waals surface area (Å²) in [5, 5.41) is 13.0. The zero-order valence-corrected chi connectivity index (χ0v) is 16.1. The quantitative estimate of drug-likeness (QED) is 0.658. The van der Waals surface area contributed by atoms with Crippen LogP contribution in [-0.2, 0) is 11.3 Å². The molecule has 0 amide bonds. The minimum absolute atomic E-state index is 0.304. The number of hydrogen-bond donors (Lipinski definition) is 2. The maximum atomic E-state index is 10.1. The molecular formula is C19H24BrClNO2+. The highest BCUT2D eigenvalue weighted by Gasteiger charge is 2.15. The molecule has 2 rings (SSSR count). The second kappa shape index (κ2) is 10.2. The minimum atomic E-state index is -0.503. The van der Waals surface area contributed by atoms with Gasteiger partial charge in [0.25, 0.3) is 0 Å². The first-order chi connectivity index (χ1) is 11.6. The number of nitrogens with two attached hydrogens (primary N) is 1. The van der Waals surface area contributed by atoms with E-state index in [1.807, 2.05) is 24.3 Å². The summed E-state index contributed by atoms with van der Waals surface area (Å²) in [5.74, 6) is 0. The van der Waals surface area contributed by atoms with Gasteiger partial charge < -0.3 is 15.2 Å². The third kappa shape index (κ3) is 6.19. The van der Waals surface area contributed by atoms with E-state index in [-0.39, 0.29) is 0 Å². The van der Waals surface area contributed by atoms with Crippen molar-refractivity contribution in [2.24, 2.45) is 0 Å². The Bertz CT molecular complexity index is 621. The van der Waals surface area contributed by atoms with Crippen molar-refractivity contribution in [2.75, 3.05) is 13.2 Å². The van der Waals surface area contributed by atoms with Gasteiger partial charge in [0.1, 0.15) is 18.7 Å². The van der Waals surface area contributed by atoms with Crippen molar-refractivity contribution in [3.63, 3.8) is 0 Å². The summed E-state index contributed by atoms with van der Waals surface area (Å²) in [6.07, 6.45) is 0.506. The zero-order chi connectivity index (χ0) is 17.4. The molecule has 0 unspecified atom stereocenters. The van der Waals surface area contributed by atoms with Crippen molar-refractivity contribution < 1.29 is 15.2 Å². The van der Waals surface area contributed by atoms with Gasteiger partial charge in [-0.25, -0.2) is 0 Å². The van der Waals surface area contributed by atoms with Gasteiger partial charge >= 0.3 is 0 Å². The largest absolute Gasteiger partial charge is 0.385 e. The molecule has 5 heteroatoms. The van der Waals surface area contributed by atoms with E-state index in [4.69, 9.17) is 16.3 Å². The van der Waals surface area contributed by atoms with E-state index in [1.54, 1.807) is 0 Å². The van der Waals surface area contributed by atoms with E-state index in [1.165, 1.54) is 5.56 Å². The second-order valence-electron chi connectivity index (χ2n) is 5.80. The Hall–Kier alpha value is -0.910. The highest BCUT2D eigenvalue weighted by Crippen LogP contribution is 2.17. The third-order valence-corrected chi connectivity index (χ3v) is 4.85. The summed E-state index contributed by atoms with van der Waals surface area (Å²) in [6.45, 7) is 3.49. The molecule has 0 saturated carbocycles. The van der Waals surface area contributed by atoms with Crippen LogP contribution in [0.1, 0.15) is 30.5 Å². The van der Waals surface area contributed by atoms with Gasteiger partial charge in [-0.2, -0.15) is 0 Å². The van der Waals surface area contributed by atoms with Crippen molar-refractivity contribution in [2.45, 2.75) is 32.1 Å². The number of quaternary nitrogens is 1. The van der Waals surface area contributed by atoms with Crippen LogP contribution in [0.2, 0.25) is 5.02 Å². The fraction of sp³-hybridized carbons (Fsp3) is 0.368. The minimum Gasteiger partial charge on any atom is -0.385 e. The number of aliphatic hydroxyl groups is 1. The van der Waals surface area contributed by atoms with Crippen LogP contribution in [0.25, 0.3) is 0 Å². The molecular weight excluding hydrogens is 390 g/mol. The van der Waals surface area contributed by atoms with Crippen LogP contribution in [0.15, 0.2) is 53.0 Å². The molecule has 0 saturated heterocycles. The fourth-order valence-corrected chi connectivity index (χ4v) is 3.01. The van der Waals surface area contributed by atoms with Crippen LogP contribution < -0.4 is 5.32 Å². The summed E-state index contributed by atoms with van der Waals surface area (Å²) in [5.41, 5.74) is 2.21. The first-order valence-electron chi connectivity index (χ1n) is 8.18. The molecule has 3 nitrogen and oxygen atoms in total. The highest BCUT2D eigenvalue weighted by molar-refractivity contribution is 9.10. The van der Waals surface area contributed by atoms with Gasteiger partial charge in [-0.1, -0.05) is 64.8 Å². The van der Waals surface area contributed by atoms with Gasteiger partial charge in [-0.15, -0.1) is 0 Å². The first kappa shape index (κ1) is 19.4. The maximum absolute atomic E-state index is 10.1. The lowest BCUT2D eigenvalue weighted by Gasteiger charge is -2.17. The maximum Gasteiger partial charge on any atom is 0.126 e. The summed E-state index contributed by atoms with van der Waals surface area (Å²) in [4.78, 5) is 0. The highest BCUT2D eigenvalue weighted by atomic mass is 79.9. The summed E-state index contributed by atoms with van der Waals surface area (Å²) >= 11 is 9.54. The van der Waals surface area contributed by atoms with E-state index in [2.05, 4.69) is 52.4 Å². The van der Waals surface area contributed by atoms with Crippen molar-refractivity contribution in [1.29, 1.82) is 0 Å². The summed E-state index contributed by atoms with van der Waals surface area (Å²) in [6, 6.07) is 16.3. The van der Waals surface area contributed by atoms with Crippen molar-refractivity contribution >= 4 is 27.5 Å². The molecule has 2 aromatic rings. The van der Waals surface area contributed by atoms with Crippen molar-refractivity contribution in [3.8, 4) is 0 Å². The monoisotopic (exact) mass is 412 g/mol. The lowest BCUT2D eigenvalue weighted by Crippen LogP contribution is -2.87. The first-order valence-corrected chi connectivity index (χ1v) is 9.35. The van der Waals surface area contributed by atoms with E-state index >= 15 is 0 Å². The Morgan fingerprint density at radius 3 is 2.54 bits per heavy atom. The molecule has 0 bridgehead atoms. The Morgan fingerprint density at radius 1 is 1.17 bits per heavy atom. The van der Waals surface area contributed by atoms with Crippen molar-refractivity contribution in [1.82, 2.24) is 0 Å². The molecule has 0 heterocycles. The Labute approximate surface area is 157 Å². The van der Waals surface area contributed by atoms with E-state index < -0.39 is 6.10 Å². The Balaban J connectivity index is 1.74. The number of halogens is 2. The fourth-order valence-electron chi connectivity index (χ4n) is 2.56. The van der Waals surface area contributed by atoms with Gasteiger partial charge in [0.15, 0.2) is 0 Å². The molecule has 0 spiro atoms. The second-order valence-corrected chi connectivity index (χ2v) is 7.12. The molecule has 0 aliphatic heterocycles. The lowest BCUT2D eigenvalue weighted by atomic mass is 10.0. The number of aliphatic hydroxyl groups excluding tert-OH is 1. The molecule has 2 aromatic carbocycles. The van der Waals surface area contributed by atoms with E-state index in [0.717, 1.165) is 16.5 Å². The lowest BCUT2D eigenvalue weighted by molar-refractivity contribution is -0.702. The normalized spacial score (nSPS) is 13.7. The molecule has 0 radical (unpaired) electrons. The predicted molar refractivity (Wildman–Crippen MR) is 101 cm³/mol. The van der Waals surface area contributed by atoms with Crippen LogP contribution in [0.5, 0.6) is 0 Å². The Kier molecular flexibility index (Phi) is 8.22. The standard InChI is InChI=1S/C19H23BrClNO2/c1-2-19(14-7-9-16(20)10-8-14)22-11-17(23)13-24-12-15-5-3-4-6-18(15)21/h3-10,17,19,22-23H,2,11-13H2,1H3/p+1/t17-,19+/m0/s1. The van der Waals surface area contributed by atoms with Gasteiger partial charge in [-0.3, -0.25) is 0 Å². The Morgan fingerprint density at radius 2 is 1.88 bits per heavy atom. The molecule has 0 aromatic heterocycles. The van der Waals surface area contributed by atoms with Gasteiger partial charge in [-0.05, 0) is 23.8 Å². The van der Waals surface area contributed by atoms with Crippen molar-refractivity contribution in [3.05, 3.63) is 69.2 Å². The smallest absolute Gasteiger partial charge is 0.126 e. The van der Waals surface area contributed by atoms with Gasteiger partial charge in [0.05, 0.1) is 13.2 Å². The van der Waals surface area contributed by atoms with E-state index in [9.17, 15) is 5.11 Å². The predicted octanol–water partition coefficient (Wildman–Crippen LogP) is 3.69. The van der Waals surface area contributed by atoms with Gasteiger partial charge in [0.2, 0.25) is 0 Å². The molecule has 24 heavy (non-hydrogen) atoms. The number of rotatable bonds is 9. The number of ether oxygens (including phenoxy) is 1. The zero-order valence-electron chi connectivity index (χ0n) is 13.8. The molecule has 0 fully saturated rings. The molecule has 2 atom stereocenters. The third-order valence-electron chi connectivity index (χ3n) is 3.96. The van der Waals surface area contributed by atoms with Crippen LogP contribution in [-0.4, -0.2) is 24.4 Å². The SMILES string of the molecule is CC[C@@H]([NH2+]C[C@H](O)COCc1ccccc1Cl)c1ccc(Br)cc1. The molecule has 3 N–H and O–H groups in total.